The minimum Gasteiger partial charge on any atom is -0.371 e. The normalized spacial score (nSPS) is 12.6. The molecule has 1 unspecified atom stereocenters. The summed E-state index contributed by atoms with van der Waals surface area (Å²) >= 11 is 6.23. The lowest BCUT2D eigenvalue weighted by atomic mass is 10.1. The molecule has 0 aliphatic heterocycles. The molecular weight excluding hydrogens is 208 g/mol. The Hall–Kier alpha value is -0.730. The van der Waals surface area contributed by atoms with E-state index in [9.17, 15) is 0 Å². The quantitative estimate of drug-likeness (QED) is 0.855. The largest absolute Gasteiger partial charge is 0.371 e. The summed E-state index contributed by atoms with van der Waals surface area (Å²) in [5.41, 5.74) is 7.97. The Morgan fingerprint density at radius 2 is 1.93 bits per heavy atom. The lowest BCUT2D eigenvalue weighted by Crippen LogP contribution is -2.22. The molecule has 0 fully saturated rings. The van der Waals surface area contributed by atoms with Crippen LogP contribution in [0.4, 0.5) is 5.69 Å². The topological polar surface area (TPSA) is 29.3 Å². The van der Waals surface area contributed by atoms with E-state index in [4.69, 9.17) is 17.3 Å². The first-order chi connectivity index (χ1) is 7.10. The first-order valence-corrected chi connectivity index (χ1v) is 5.77. The lowest BCUT2D eigenvalue weighted by Gasteiger charge is -2.23. The van der Waals surface area contributed by atoms with Gasteiger partial charge in [-0.15, -0.1) is 0 Å². The van der Waals surface area contributed by atoms with Gasteiger partial charge < -0.3 is 10.6 Å². The molecule has 1 atom stereocenters. The first kappa shape index (κ1) is 12.3. The maximum atomic E-state index is 6.23. The number of rotatable bonds is 4. The predicted molar refractivity (Wildman–Crippen MR) is 67.6 cm³/mol. The van der Waals surface area contributed by atoms with Gasteiger partial charge in [0.15, 0.2) is 0 Å². The van der Waals surface area contributed by atoms with Gasteiger partial charge in [-0.05, 0) is 38.5 Å². The second-order valence-electron chi connectivity index (χ2n) is 3.67. The Morgan fingerprint density at radius 1 is 1.33 bits per heavy atom. The van der Waals surface area contributed by atoms with Crippen molar-refractivity contribution >= 4 is 17.3 Å². The fraction of sp³-hybridized carbons (Fsp3) is 0.500. The molecule has 0 aliphatic carbocycles. The maximum Gasteiger partial charge on any atom is 0.0642 e. The highest BCUT2D eigenvalue weighted by molar-refractivity contribution is 6.33. The van der Waals surface area contributed by atoms with Gasteiger partial charge in [0.25, 0.3) is 0 Å². The van der Waals surface area contributed by atoms with Crippen molar-refractivity contribution in [2.75, 3.05) is 18.0 Å². The van der Waals surface area contributed by atoms with Crippen molar-refractivity contribution in [3.05, 3.63) is 28.8 Å². The average Bonchev–Trinajstić information content (AvgIpc) is 2.21. The van der Waals surface area contributed by atoms with Crippen LogP contribution in [-0.4, -0.2) is 13.1 Å². The molecule has 0 heterocycles. The fourth-order valence-electron chi connectivity index (χ4n) is 1.63. The zero-order valence-corrected chi connectivity index (χ0v) is 10.4. The smallest absolute Gasteiger partial charge is 0.0642 e. The minimum absolute atomic E-state index is 0.0354. The van der Waals surface area contributed by atoms with E-state index in [1.807, 2.05) is 25.1 Å². The molecule has 0 spiro atoms. The fourth-order valence-corrected chi connectivity index (χ4v) is 1.94. The number of halogens is 1. The first-order valence-electron chi connectivity index (χ1n) is 5.40. The van der Waals surface area contributed by atoms with Crippen molar-refractivity contribution < 1.29 is 0 Å². The molecule has 0 saturated heterocycles. The summed E-state index contributed by atoms with van der Waals surface area (Å²) in [6.45, 7) is 8.14. The van der Waals surface area contributed by atoms with Crippen LogP contribution >= 0.6 is 11.6 Å². The third-order valence-corrected chi connectivity index (χ3v) is 2.90. The molecule has 0 bridgehead atoms. The van der Waals surface area contributed by atoms with E-state index >= 15 is 0 Å². The van der Waals surface area contributed by atoms with E-state index in [1.165, 1.54) is 0 Å². The molecule has 3 heteroatoms. The van der Waals surface area contributed by atoms with Crippen molar-refractivity contribution in [1.29, 1.82) is 0 Å². The molecule has 1 rings (SSSR count). The van der Waals surface area contributed by atoms with E-state index in [-0.39, 0.29) is 6.04 Å². The van der Waals surface area contributed by atoms with Crippen molar-refractivity contribution in [3.63, 3.8) is 0 Å². The highest BCUT2D eigenvalue weighted by atomic mass is 35.5. The van der Waals surface area contributed by atoms with Crippen LogP contribution in [0.15, 0.2) is 18.2 Å². The van der Waals surface area contributed by atoms with E-state index in [2.05, 4.69) is 18.7 Å². The van der Waals surface area contributed by atoms with Gasteiger partial charge in [0.05, 0.1) is 10.7 Å². The SMILES string of the molecule is CCN(CC)c1ccc(C(C)N)cc1Cl. The van der Waals surface area contributed by atoms with E-state index in [1.54, 1.807) is 0 Å². The molecule has 1 aromatic rings. The standard InChI is InChI=1S/C12H19ClN2/c1-4-15(5-2)12-7-6-10(9(3)14)8-11(12)13/h6-9H,4-5,14H2,1-3H3. The van der Waals surface area contributed by atoms with Crippen LogP contribution in [0.1, 0.15) is 32.4 Å². The lowest BCUT2D eigenvalue weighted by molar-refractivity contribution is 0.815. The summed E-state index contributed by atoms with van der Waals surface area (Å²) in [6, 6.07) is 6.09. The minimum atomic E-state index is 0.0354. The number of anilines is 1. The van der Waals surface area contributed by atoms with Crippen LogP contribution < -0.4 is 10.6 Å². The van der Waals surface area contributed by atoms with Gasteiger partial charge in [-0.3, -0.25) is 0 Å². The highest BCUT2D eigenvalue weighted by Gasteiger charge is 2.08. The van der Waals surface area contributed by atoms with Crippen molar-refractivity contribution in [2.24, 2.45) is 5.73 Å². The van der Waals surface area contributed by atoms with E-state index < -0.39 is 0 Å². The maximum absolute atomic E-state index is 6.23. The molecule has 2 N–H and O–H groups in total. The summed E-state index contributed by atoms with van der Waals surface area (Å²) in [4.78, 5) is 2.23. The molecule has 0 aromatic heterocycles. The summed E-state index contributed by atoms with van der Waals surface area (Å²) in [7, 11) is 0. The van der Waals surface area contributed by atoms with Gasteiger partial charge in [-0.2, -0.15) is 0 Å². The van der Waals surface area contributed by atoms with Gasteiger partial charge in [0.1, 0.15) is 0 Å². The summed E-state index contributed by atoms with van der Waals surface area (Å²) in [5, 5.41) is 0.786. The summed E-state index contributed by atoms with van der Waals surface area (Å²) in [6.07, 6.45) is 0. The Labute approximate surface area is 97.0 Å². The van der Waals surface area contributed by atoms with Crippen LogP contribution in [0.3, 0.4) is 0 Å². The molecule has 0 amide bonds. The van der Waals surface area contributed by atoms with E-state index in [0.717, 1.165) is 29.4 Å². The molecule has 2 nitrogen and oxygen atoms in total. The molecule has 1 aromatic carbocycles. The van der Waals surface area contributed by atoms with Gasteiger partial charge >= 0.3 is 0 Å². The van der Waals surface area contributed by atoms with Crippen LogP contribution in [0.2, 0.25) is 5.02 Å². The number of benzene rings is 1. The van der Waals surface area contributed by atoms with E-state index in [0.29, 0.717) is 0 Å². The van der Waals surface area contributed by atoms with Crippen molar-refractivity contribution in [1.82, 2.24) is 0 Å². The Balaban J connectivity index is 3.02. The van der Waals surface area contributed by atoms with Crippen LogP contribution in [0.5, 0.6) is 0 Å². The highest BCUT2D eigenvalue weighted by Crippen LogP contribution is 2.28. The third-order valence-electron chi connectivity index (χ3n) is 2.60. The van der Waals surface area contributed by atoms with Gasteiger partial charge in [0, 0.05) is 19.1 Å². The molecule has 0 radical (unpaired) electrons. The Morgan fingerprint density at radius 3 is 2.33 bits per heavy atom. The molecule has 84 valence electrons. The van der Waals surface area contributed by atoms with Crippen LogP contribution in [0.25, 0.3) is 0 Å². The van der Waals surface area contributed by atoms with Crippen molar-refractivity contribution in [2.45, 2.75) is 26.8 Å². The van der Waals surface area contributed by atoms with Gasteiger partial charge in [0.2, 0.25) is 0 Å². The average molecular weight is 227 g/mol. The van der Waals surface area contributed by atoms with Gasteiger partial charge in [-0.1, -0.05) is 17.7 Å². The number of hydrogen-bond donors (Lipinski definition) is 1. The van der Waals surface area contributed by atoms with Crippen LogP contribution in [-0.2, 0) is 0 Å². The summed E-state index contributed by atoms with van der Waals surface area (Å²) in [5.74, 6) is 0. The molecular formula is C12H19ClN2. The molecule has 15 heavy (non-hydrogen) atoms. The van der Waals surface area contributed by atoms with Crippen LogP contribution in [0, 0.1) is 0 Å². The zero-order chi connectivity index (χ0) is 11.4. The zero-order valence-electron chi connectivity index (χ0n) is 9.63. The Kier molecular flexibility index (Phi) is 4.43. The second-order valence-corrected chi connectivity index (χ2v) is 4.08. The number of nitrogens with zero attached hydrogens (tertiary/aromatic N) is 1. The number of nitrogens with two attached hydrogens (primary N) is 1. The second kappa shape index (κ2) is 5.38. The molecule has 0 saturated carbocycles. The van der Waals surface area contributed by atoms with Crippen molar-refractivity contribution in [3.8, 4) is 0 Å². The Bertz CT molecular complexity index is 319. The van der Waals surface area contributed by atoms with Gasteiger partial charge in [-0.25, -0.2) is 0 Å². The monoisotopic (exact) mass is 226 g/mol. The number of hydrogen-bond acceptors (Lipinski definition) is 2. The molecule has 0 aliphatic rings. The summed E-state index contributed by atoms with van der Waals surface area (Å²) < 4.78 is 0. The predicted octanol–water partition coefficient (Wildman–Crippen LogP) is 3.21. The third kappa shape index (κ3) is 2.86.